The molecule has 0 radical (unpaired) electrons. The molecule has 1 aliphatic rings. The number of hydrogen-bond donors (Lipinski definition) is 0. The Morgan fingerprint density at radius 2 is 1.93 bits per heavy atom. The van der Waals surface area contributed by atoms with E-state index in [1.54, 1.807) is 6.92 Å². The van der Waals surface area contributed by atoms with Crippen LogP contribution in [0.1, 0.15) is 51.9 Å². The van der Waals surface area contributed by atoms with E-state index in [1.807, 2.05) is 0 Å². The van der Waals surface area contributed by atoms with Gasteiger partial charge in [0, 0.05) is 6.42 Å². The molecule has 1 rings (SSSR count). The van der Waals surface area contributed by atoms with Gasteiger partial charge in [0.25, 0.3) is 0 Å². The van der Waals surface area contributed by atoms with Crippen molar-refractivity contribution in [2.45, 2.75) is 51.9 Å². The molecule has 3 heteroatoms. The molecular formula is C12H20O3. The van der Waals surface area contributed by atoms with E-state index in [0.717, 1.165) is 12.3 Å². The van der Waals surface area contributed by atoms with Gasteiger partial charge in [0.05, 0.1) is 6.61 Å². The fourth-order valence-electron chi connectivity index (χ4n) is 2.13. The summed E-state index contributed by atoms with van der Waals surface area (Å²) >= 11 is 0. The summed E-state index contributed by atoms with van der Waals surface area (Å²) in [6, 6.07) is 0. The maximum Gasteiger partial charge on any atom is 0.313 e. The van der Waals surface area contributed by atoms with E-state index in [2.05, 4.69) is 0 Å². The first kappa shape index (κ1) is 12.2. The van der Waals surface area contributed by atoms with E-state index in [9.17, 15) is 9.59 Å². The quantitative estimate of drug-likeness (QED) is 0.502. The van der Waals surface area contributed by atoms with Crippen molar-refractivity contribution >= 4 is 11.8 Å². The Balaban J connectivity index is 2.09. The van der Waals surface area contributed by atoms with Crippen molar-refractivity contribution in [3.05, 3.63) is 0 Å². The van der Waals surface area contributed by atoms with Gasteiger partial charge in [-0.15, -0.1) is 0 Å². The number of ketones is 1. The highest BCUT2D eigenvalue weighted by molar-refractivity contribution is 5.95. The van der Waals surface area contributed by atoms with E-state index >= 15 is 0 Å². The topological polar surface area (TPSA) is 43.4 Å². The smallest absolute Gasteiger partial charge is 0.313 e. The van der Waals surface area contributed by atoms with Crippen molar-refractivity contribution < 1.29 is 14.3 Å². The van der Waals surface area contributed by atoms with Crippen LogP contribution in [0.3, 0.4) is 0 Å². The highest BCUT2D eigenvalue weighted by atomic mass is 16.5. The van der Waals surface area contributed by atoms with Crippen LogP contribution in [-0.2, 0) is 14.3 Å². The Kier molecular flexibility index (Phi) is 5.37. The van der Waals surface area contributed by atoms with Crippen LogP contribution < -0.4 is 0 Å². The molecule has 0 aliphatic heterocycles. The Morgan fingerprint density at radius 3 is 2.53 bits per heavy atom. The van der Waals surface area contributed by atoms with E-state index in [-0.39, 0.29) is 18.2 Å². The minimum absolute atomic E-state index is 0.0281. The summed E-state index contributed by atoms with van der Waals surface area (Å²) in [4.78, 5) is 22.4. The Bertz CT molecular complexity index is 217. The maximum atomic E-state index is 11.4. The number of rotatable bonds is 6. The van der Waals surface area contributed by atoms with Crippen LogP contribution in [0.25, 0.3) is 0 Å². The molecule has 0 saturated heterocycles. The number of hydrogen-bond acceptors (Lipinski definition) is 3. The Morgan fingerprint density at radius 1 is 1.27 bits per heavy atom. The van der Waals surface area contributed by atoms with Gasteiger partial charge in [0.2, 0.25) is 0 Å². The average molecular weight is 212 g/mol. The number of carbonyl (C=O) groups is 2. The van der Waals surface area contributed by atoms with Crippen LogP contribution in [0.2, 0.25) is 0 Å². The molecule has 0 aromatic carbocycles. The van der Waals surface area contributed by atoms with Crippen molar-refractivity contribution in [3.63, 3.8) is 0 Å². The van der Waals surface area contributed by atoms with Gasteiger partial charge in [-0.25, -0.2) is 0 Å². The minimum Gasteiger partial charge on any atom is -0.466 e. The standard InChI is InChI=1S/C12H20O3/c1-2-15-12(14)9-11(13)8-7-10-5-3-4-6-10/h10H,2-9H2,1H3. The molecule has 0 amide bonds. The van der Waals surface area contributed by atoms with E-state index in [0.29, 0.717) is 13.0 Å². The predicted octanol–water partition coefficient (Wildman–Crippen LogP) is 2.48. The molecule has 15 heavy (non-hydrogen) atoms. The summed E-state index contributed by atoms with van der Waals surface area (Å²) in [6.07, 6.45) is 6.58. The first-order valence-corrected chi connectivity index (χ1v) is 5.89. The zero-order valence-corrected chi connectivity index (χ0v) is 9.46. The molecule has 0 aromatic heterocycles. The number of ether oxygens (including phenoxy) is 1. The number of esters is 1. The van der Waals surface area contributed by atoms with Crippen LogP contribution >= 0.6 is 0 Å². The van der Waals surface area contributed by atoms with Gasteiger partial charge in [-0.1, -0.05) is 25.7 Å². The summed E-state index contributed by atoms with van der Waals surface area (Å²) in [5, 5.41) is 0. The minimum atomic E-state index is -0.381. The third kappa shape index (κ3) is 4.96. The molecule has 1 aliphatic carbocycles. The lowest BCUT2D eigenvalue weighted by molar-refractivity contribution is -0.145. The van der Waals surface area contributed by atoms with E-state index in [4.69, 9.17) is 4.74 Å². The fourth-order valence-corrected chi connectivity index (χ4v) is 2.13. The van der Waals surface area contributed by atoms with E-state index < -0.39 is 0 Å². The zero-order valence-electron chi connectivity index (χ0n) is 9.46. The van der Waals surface area contributed by atoms with Gasteiger partial charge in [-0.3, -0.25) is 9.59 Å². The lowest BCUT2D eigenvalue weighted by Crippen LogP contribution is -2.11. The van der Waals surface area contributed by atoms with Crippen LogP contribution in [0.4, 0.5) is 0 Å². The highest BCUT2D eigenvalue weighted by Crippen LogP contribution is 2.28. The molecule has 1 fully saturated rings. The molecule has 0 heterocycles. The van der Waals surface area contributed by atoms with Gasteiger partial charge in [0.15, 0.2) is 0 Å². The summed E-state index contributed by atoms with van der Waals surface area (Å²) in [5.41, 5.74) is 0. The molecule has 0 aromatic rings. The van der Waals surface area contributed by atoms with Crippen LogP contribution in [-0.4, -0.2) is 18.4 Å². The number of carbonyl (C=O) groups excluding carboxylic acids is 2. The van der Waals surface area contributed by atoms with Gasteiger partial charge < -0.3 is 4.74 Å². The normalized spacial score (nSPS) is 16.6. The molecular weight excluding hydrogens is 192 g/mol. The molecule has 3 nitrogen and oxygen atoms in total. The van der Waals surface area contributed by atoms with Gasteiger partial charge in [-0.2, -0.15) is 0 Å². The molecule has 0 bridgehead atoms. The van der Waals surface area contributed by atoms with Crippen molar-refractivity contribution in [1.82, 2.24) is 0 Å². The van der Waals surface area contributed by atoms with Crippen molar-refractivity contribution in [2.24, 2.45) is 5.92 Å². The summed E-state index contributed by atoms with van der Waals surface area (Å²) in [6.45, 7) is 2.11. The maximum absolute atomic E-state index is 11.4. The molecule has 0 spiro atoms. The van der Waals surface area contributed by atoms with Crippen molar-refractivity contribution in [3.8, 4) is 0 Å². The predicted molar refractivity (Wildman–Crippen MR) is 57.4 cm³/mol. The first-order chi connectivity index (χ1) is 7.22. The molecule has 0 unspecified atom stereocenters. The molecule has 0 N–H and O–H groups in total. The third-order valence-electron chi connectivity index (χ3n) is 2.95. The van der Waals surface area contributed by atoms with Gasteiger partial charge in [-0.05, 0) is 19.3 Å². The van der Waals surface area contributed by atoms with Crippen LogP contribution in [0.5, 0.6) is 0 Å². The Hall–Kier alpha value is -0.860. The summed E-state index contributed by atoms with van der Waals surface area (Å²) in [5.74, 6) is 0.366. The highest BCUT2D eigenvalue weighted by Gasteiger charge is 2.17. The fraction of sp³-hybridized carbons (Fsp3) is 0.833. The Labute approximate surface area is 91.2 Å². The van der Waals surface area contributed by atoms with Gasteiger partial charge in [0.1, 0.15) is 12.2 Å². The number of Topliss-reactive ketones (excluding diaryl/α,β-unsaturated/α-hetero) is 1. The second kappa shape index (κ2) is 6.59. The van der Waals surface area contributed by atoms with Crippen molar-refractivity contribution in [1.29, 1.82) is 0 Å². The molecule has 0 atom stereocenters. The second-order valence-electron chi connectivity index (χ2n) is 4.21. The lowest BCUT2D eigenvalue weighted by Gasteiger charge is -2.07. The summed E-state index contributed by atoms with van der Waals surface area (Å²) in [7, 11) is 0. The monoisotopic (exact) mass is 212 g/mol. The SMILES string of the molecule is CCOC(=O)CC(=O)CCC1CCCC1. The second-order valence-corrected chi connectivity index (χ2v) is 4.21. The summed E-state index contributed by atoms with van der Waals surface area (Å²) < 4.78 is 4.72. The van der Waals surface area contributed by atoms with Crippen LogP contribution in [0.15, 0.2) is 0 Å². The lowest BCUT2D eigenvalue weighted by atomic mass is 9.99. The average Bonchev–Trinajstić information content (AvgIpc) is 2.67. The zero-order chi connectivity index (χ0) is 11.1. The van der Waals surface area contributed by atoms with Crippen molar-refractivity contribution in [2.75, 3.05) is 6.61 Å². The van der Waals surface area contributed by atoms with Gasteiger partial charge >= 0.3 is 5.97 Å². The molecule has 86 valence electrons. The third-order valence-corrected chi connectivity index (χ3v) is 2.95. The largest absolute Gasteiger partial charge is 0.466 e. The van der Waals surface area contributed by atoms with Crippen LogP contribution in [0, 0.1) is 5.92 Å². The molecule has 1 saturated carbocycles. The van der Waals surface area contributed by atoms with E-state index in [1.165, 1.54) is 25.7 Å². The first-order valence-electron chi connectivity index (χ1n) is 5.89.